The highest BCUT2D eigenvalue weighted by atomic mass is 19.1. The number of aliphatic hydroxyl groups is 1. The predicted octanol–water partition coefficient (Wildman–Crippen LogP) is 3.78. The van der Waals surface area contributed by atoms with Gasteiger partial charge in [-0.2, -0.15) is 0 Å². The third kappa shape index (κ3) is 2.66. The fraction of sp³-hybridized carbons (Fsp3) is 0.0526. The van der Waals surface area contributed by atoms with E-state index in [-0.39, 0.29) is 0 Å². The zero-order valence-electron chi connectivity index (χ0n) is 12.9. The zero-order valence-corrected chi connectivity index (χ0v) is 12.9. The van der Waals surface area contributed by atoms with Crippen molar-refractivity contribution >= 4 is 11.0 Å². The molecule has 25 heavy (non-hydrogen) atoms. The molecule has 1 unspecified atom stereocenters. The van der Waals surface area contributed by atoms with Crippen molar-refractivity contribution in [3.63, 3.8) is 0 Å². The van der Waals surface area contributed by atoms with Crippen LogP contribution in [-0.2, 0) is 0 Å². The number of hydrogen-bond donors (Lipinski definition) is 2. The second-order valence-electron chi connectivity index (χ2n) is 5.56. The fourth-order valence-corrected chi connectivity index (χ4v) is 2.81. The Hall–Kier alpha value is -3.12. The van der Waals surface area contributed by atoms with E-state index in [4.69, 9.17) is 0 Å². The van der Waals surface area contributed by atoms with E-state index in [0.717, 1.165) is 23.3 Å². The van der Waals surface area contributed by atoms with Crippen LogP contribution >= 0.6 is 0 Å². The van der Waals surface area contributed by atoms with Crippen molar-refractivity contribution in [2.75, 3.05) is 0 Å². The Kier molecular flexibility index (Phi) is 3.74. The molecule has 0 aliphatic carbocycles. The Morgan fingerprint density at radius 2 is 2.04 bits per heavy atom. The van der Waals surface area contributed by atoms with E-state index in [1.54, 1.807) is 30.7 Å². The van der Waals surface area contributed by atoms with E-state index in [0.29, 0.717) is 16.6 Å². The Morgan fingerprint density at radius 1 is 1.16 bits per heavy atom. The summed E-state index contributed by atoms with van der Waals surface area (Å²) in [5.74, 6) is -1.74. The monoisotopic (exact) mass is 336 g/mol. The van der Waals surface area contributed by atoms with Crippen LogP contribution in [0.2, 0.25) is 0 Å². The van der Waals surface area contributed by atoms with Gasteiger partial charge in [0.2, 0.25) is 0 Å². The number of aromatic nitrogens is 3. The first-order valence-electron chi connectivity index (χ1n) is 7.56. The summed E-state index contributed by atoms with van der Waals surface area (Å²) in [6, 6.07) is 9.95. The van der Waals surface area contributed by atoms with Gasteiger partial charge in [-0.3, -0.25) is 4.98 Å². The fourth-order valence-electron chi connectivity index (χ4n) is 2.81. The van der Waals surface area contributed by atoms with E-state index in [2.05, 4.69) is 21.0 Å². The highest BCUT2D eigenvalue weighted by Crippen LogP contribution is 2.32. The lowest BCUT2D eigenvalue weighted by Gasteiger charge is -2.12. The van der Waals surface area contributed by atoms with Gasteiger partial charge < -0.3 is 10.1 Å². The molecule has 4 nitrogen and oxygen atoms in total. The Bertz CT molecular complexity index is 1030. The van der Waals surface area contributed by atoms with Crippen LogP contribution in [0.25, 0.3) is 22.2 Å². The molecule has 0 bridgehead atoms. The maximum atomic E-state index is 14.0. The van der Waals surface area contributed by atoms with Gasteiger partial charge in [-0.15, -0.1) is 0 Å². The molecule has 6 heteroatoms. The van der Waals surface area contributed by atoms with Crippen LogP contribution in [0.1, 0.15) is 17.2 Å². The number of nitrogens with zero attached hydrogens (tertiary/aromatic N) is 2. The van der Waals surface area contributed by atoms with Crippen LogP contribution in [0.5, 0.6) is 0 Å². The molecule has 0 aliphatic rings. The van der Waals surface area contributed by atoms with Crippen LogP contribution in [0.4, 0.5) is 8.78 Å². The Balaban J connectivity index is 1.85. The van der Waals surface area contributed by atoms with Gasteiger partial charge in [-0.25, -0.2) is 13.8 Å². The van der Waals surface area contributed by atoms with Crippen LogP contribution in [-0.4, -0.2) is 20.1 Å². The molecule has 4 aromatic rings. The van der Waals surface area contributed by atoms with E-state index in [9.17, 15) is 13.9 Å². The number of hydrogen-bond acceptors (Lipinski definition) is 3. The smallest absolute Gasteiger partial charge is 0.140 e. The van der Waals surface area contributed by atoms with Gasteiger partial charge in [0.1, 0.15) is 23.4 Å². The van der Waals surface area contributed by atoms with Gasteiger partial charge in [0.25, 0.3) is 0 Å². The molecule has 4 rings (SSSR count). The van der Waals surface area contributed by atoms with E-state index >= 15 is 0 Å². The third-order valence-electron chi connectivity index (χ3n) is 4.06. The molecule has 0 saturated carbocycles. The normalized spacial score (nSPS) is 12.4. The maximum absolute atomic E-state index is 14.0. The standard InChI is InChI=1S/C19H12F2N3O/c20-15-4-1-5-16(21)17(15)18(25)14-10-24-19-13(14)7-12(9-23-19)11-3-2-6-22-8-11/h1-4,6-10,18,25H,(H,23,24). The van der Waals surface area contributed by atoms with Crippen molar-refractivity contribution in [1.29, 1.82) is 0 Å². The molecule has 0 saturated heterocycles. The number of pyridine rings is 2. The molecular formula is C19H12F2N3O. The number of benzene rings is 1. The minimum Gasteiger partial charge on any atom is -0.383 e. The summed E-state index contributed by atoms with van der Waals surface area (Å²) in [4.78, 5) is 11.3. The Labute approximate surface area is 141 Å². The second-order valence-corrected chi connectivity index (χ2v) is 5.56. The molecule has 3 aromatic heterocycles. The second kappa shape index (κ2) is 6.07. The third-order valence-corrected chi connectivity index (χ3v) is 4.06. The molecule has 0 fully saturated rings. The Morgan fingerprint density at radius 3 is 2.80 bits per heavy atom. The molecular weight excluding hydrogens is 324 g/mol. The summed E-state index contributed by atoms with van der Waals surface area (Å²) in [5, 5.41) is 11.1. The van der Waals surface area contributed by atoms with Crippen LogP contribution in [0.3, 0.4) is 0 Å². The molecule has 1 atom stereocenters. The summed E-state index contributed by atoms with van der Waals surface area (Å²) < 4.78 is 27.9. The first-order valence-corrected chi connectivity index (χ1v) is 7.56. The lowest BCUT2D eigenvalue weighted by molar-refractivity contribution is 0.210. The number of halogens is 2. The molecule has 1 aromatic carbocycles. The van der Waals surface area contributed by atoms with Crippen LogP contribution in [0, 0.1) is 17.7 Å². The van der Waals surface area contributed by atoms with Crippen molar-refractivity contribution in [1.82, 2.24) is 15.0 Å². The van der Waals surface area contributed by atoms with Gasteiger partial charge in [-0.05, 0) is 24.3 Å². The van der Waals surface area contributed by atoms with Gasteiger partial charge in [0.05, 0.1) is 5.56 Å². The number of fused-ring (bicyclic) bond motifs is 1. The molecule has 1 radical (unpaired) electrons. The first kappa shape index (κ1) is 15.4. The van der Waals surface area contributed by atoms with Crippen molar-refractivity contribution in [2.45, 2.75) is 6.10 Å². The predicted molar refractivity (Wildman–Crippen MR) is 88.6 cm³/mol. The lowest BCUT2D eigenvalue weighted by Crippen LogP contribution is -2.05. The number of H-pyrrole nitrogens is 1. The van der Waals surface area contributed by atoms with Gasteiger partial charge in [-0.1, -0.05) is 6.07 Å². The molecule has 0 amide bonds. The molecule has 0 aliphatic heterocycles. The summed E-state index contributed by atoms with van der Waals surface area (Å²) in [7, 11) is 0. The van der Waals surface area contributed by atoms with E-state index in [1.807, 2.05) is 6.07 Å². The molecule has 3 heterocycles. The van der Waals surface area contributed by atoms with E-state index < -0.39 is 23.3 Å². The van der Waals surface area contributed by atoms with Crippen molar-refractivity contribution in [3.8, 4) is 11.1 Å². The van der Waals surface area contributed by atoms with Gasteiger partial charge in [0, 0.05) is 52.9 Å². The van der Waals surface area contributed by atoms with Gasteiger partial charge >= 0.3 is 0 Å². The highest BCUT2D eigenvalue weighted by molar-refractivity contribution is 5.85. The quantitative estimate of drug-likeness (QED) is 0.598. The zero-order chi connectivity index (χ0) is 17.4. The summed E-state index contributed by atoms with van der Waals surface area (Å²) in [6.45, 7) is 0. The van der Waals surface area contributed by atoms with Crippen LogP contribution in [0.15, 0.2) is 55.1 Å². The maximum Gasteiger partial charge on any atom is 0.140 e. The number of aliphatic hydroxyl groups excluding tert-OH is 1. The average molecular weight is 336 g/mol. The minimum absolute atomic E-state index is 0.339. The van der Waals surface area contributed by atoms with Crippen molar-refractivity contribution in [2.24, 2.45) is 0 Å². The largest absolute Gasteiger partial charge is 0.383 e. The highest BCUT2D eigenvalue weighted by Gasteiger charge is 2.23. The summed E-state index contributed by atoms with van der Waals surface area (Å²) in [6.07, 6.45) is 5.05. The first-order chi connectivity index (χ1) is 12.1. The molecule has 0 spiro atoms. The van der Waals surface area contributed by atoms with E-state index in [1.165, 1.54) is 6.20 Å². The summed E-state index contributed by atoms with van der Waals surface area (Å²) >= 11 is 0. The average Bonchev–Trinajstić information content (AvgIpc) is 3.05. The van der Waals surface area contributed by atoms with Gasteiger partial charge in [0.15, 0.2) is 0 Å². The number of rotatable bonds is 3. The van der Waals surface area contributed by atoms with Crippen molar-refractivity contribution in [3.05, 3.63) is 83.9 Å². The lowest BCUT2D eigenvalue weighted by atomic mass is 9.99. The number of aromatic amines is 1. The minimum atomic E-state index is -1.47. The molecule has 123 valence electrons. The SMILES string of the molecule is OC(c1c(F)[c]ccc1F)c1c[nH]c2ncc(-c3cccnc3)cc12. The van der Waals surface area contributed by atoms with Crippen LogP contribution < -0.4 is 0 Å². The molecule has 2 N–H and O–H groups in total. The summed E-state index contributed by atoms with van der Waals surface area (Å²) in [5.41, 5.74) is 2.06. The number of nitrogens with one attached hydrogen (secondary N) is 1. The topological polar surface area (TPSA) is 61.8 Å². The van der Waals surface area contributed by atoms with Crippen molar-refractivity contribution < 1.29 is 13.9 Å².